The van der Waals surface area contributed by atoms with Crippen LogP contribution in [0.1, 0.15) is 38.0 Å². The second-order valence-electron chi connectivity index (χ2n) is 4.86. The zero-order valence-corrected chi connectivity index (χ0v) is 12.9. The van der Waals surface area contributed by atoms with E-state index >= 15 is 0 Å². The number of hydrogen-bond donors (Lipinski definition) is 0. The number of imide groups is 1. The molecule has 0 aromatic heterocycles. The summed E-state index contributed by atoms with van der Waals surface area (Å²) in [6, 6.07) is 9.04. The summed E-state index contributed by atoms with van der Waals surface area (Å²) >= 11 is 11.8. The number of nitrogens with zero attached hydrogens (tertiary/aromatic N) is 1. The number of halogens is 2. The lowest BCUT2D eigenvalue weighted by Crippen LogP contribution is -2.29. The van der Waals surface area contributed by atoms with E-state index in [4.69, 9.17) is 23.2 Å². The van der Waals surface area contributed by atoms with Gasteiger partial charge < -0.3 is 0 Å². The molecule has 0 aliphatic carbocycles. The van der Waals surface area contributed by atoms with Crippen LogP contribution in [0.4, 0.5) is 5.69 Å². The number of benzene rings is 2. The molecular weight excluding hydrogens is 325 g/mol. The molecule has 6 heteroatoms. The van der Waals surface area contributed by atoms with E-state index in [2.05, 4.69) is 0 Å². The monoisotopic (exact) mass is 333 g/mol. The van der Waals surface area contributed by atoms with Gasteiger partial charge in [-0.25, -0.2) is 4.90 Å². The summed E-state index contributed by atoms with van der Waals surface area (Å²) in [5.41, 5.74) is 1.33. The van der Waals surface area contributed by atoms with Gasteiger partial charge in [0, 0.05) is 5.56 Å². The summed E-state index contributed by atoms with van der Waals surface area (Å²) < 4.78 is 0. The van der Waals surface area contributed by atoms with Crippen molar-refractivity contribution in [2.24, 2.45) is 0 Å². The third-order valence-corrected chi connectivity index (χ3v) is 4.18. The Balaban J connectivity index is 2.05. The Kier molecular flexibility index (Phi) is 3.51. The predicted octanol–water partition coefficient (Wildman–Crippen LogP) is 4.00. The summed E-state index contributed by atoms with van der Waals surface area (Å²) in [5, 5.41) is 0.436. The van der Waals surface area contributed by atoms with Crippen molar-refractivity contribution in [2.45, 2.75) is 6.92 Å². The van der Waals surface area contributed by atoms with Gasteiger partial charge in [-0.2, -0.15) is 0 Å². The summed E-state index contributed by atoms with van der Waals surface area (Å²) in [4.78, 5) is 37.2. The second-order valence-corrected chi connectivity index (χ2v) is 5.68. The van der Waals surface area contributed by atoms with Crippen LogP contribution in [0.2, 0.25) is 10.0 Å². The van der Waals surface area contributed by atoms with Crippen LogP contribution < -0.4 is 4.90 Å². The number of anilines is 1. The van der Waals surface area contributed by atoms with Crippen LogP contribution >= 0.6 is 23.2 Å². The van der Waals surface area contributed by atoms with Gasteiger partial charge in [-0.05, 0) is 43.3 Å². The molecule has 22 heavy (non-hydrogen) atoms. The first-order valence-corrected chi connectivity index (χ1v) is 7.14. The van der Waals surface area contributed by atoms with Crippen LogP contribution in [0, 0.1) is 0 Å². The molecule has 0 saturated heterocycles. The van der Waals surface area contributed by atoms with Crippen molar-refractivity contribution < 1.29 is 14.4 Å². The normalized spacial score (nSPS) is 13.5. The number of ketones is 1. The van der Waals surface area contributed by atoms with Crippen LogP contribution in [0.15, 0.2) is 36.4 Å². The molecule has 1 aliphatic heterocycles. The average molecular weight is 334 g/mol. The molecule has 0 N–H and O–H groups in total. The minimum absolute atomic E-state index is 0.0903. The van der Waals surface area contributed by atoms with Gasteiger partial charge in [0.25, 0.3) is 11.8 Å². The lowest BCUT2D eigenvalue weighted by molar-refractivity contribution is 0.0925. The number of carbonyl (C=O) groups is 3. The van der Waals surface area contributed by atoms with Gasteiger partial charge in [-0.3, -0.25) is 14.4 Å². The largest absolute Gasteiger partial charge is 0.295 e. The van der Waals surface area contributed by atoms with Crippen molar-refractivity contribution in [3.63, 3.8) is 0 Å². The van der Waals surface area contributed by atoms with Crippen molar-refractivity contribution in [3.8, 4) is 0 Å². The summed E-state index contributed by atoms with van der Waals surface area (Å²) in [5.74, 6) is -1.02. The maximum atomic E-state index is 12.4. The quantitative estimate of drug-likeness (QED) is 0.616. The van der Waals surface area contributed by atoms with Gasteiger partial charge in [-0.15, -0.1) is 0 Å². The summed E-state index contributed by atoms with van der Waals surface area (Å²) in [6.45, 7) is 1.45. The molecule has 0 atom stereocenters. The third-order valence-electron chi connectivity index (χ3n) is 3.46. The van der Waals surface area contributed by atoms with E-state index in [1.807, 2.05) is 0 Å². The fourth-order valence-corrected chi connectivity index (χ4v) is 2.64. The van der Waals surface area contributed by atoms with Gasteiger partial charge in [-0.1, -0.05) is 23.2 Å². The summed E-state index contributed by atoms with van der Waals surface area (Å²) in [7, 11) is 0. The number of fused-ring (bicyclic) bond motifs is 1. The molecule has 4 nitrogen and oxygen atoms in total. The first-order chi connectivity index (χ1) is 10.4. The Morgan fingerprint density at radius 3 is 1.77 bits per heavy atom. The molecule has 1 aliphatic rings. The van der Waals surface area contributed by atoms with Crippen LogP contribution in [0.25, 0.3) is 0 Å². The van der Waals surface area contributed by atoms with E-state index in [1.54, 1.807) is 24.3 Å². The van der Waals surface area contributed by atoms with Gasteiger partial charge in [0.1, 0.15) is 0 Å². The van der Waals surface area contributed by atoms with E-state index in [1.165, 1.54) is 19.1 Å². The summed E-state index contributed by atoms with van der Waals surface area (Å²) in [6.07, 6.45) is 0. The van der Waals surface area contributed by atoms with Crippen LogP contribution in [0.5, 0.6) is 0 Å². The van der Waals surface area contributed by atoms with E-state index in [-0.39, 0.29) is 27.0 Å². The standard InChI is InChI=1S/C16H9Cl2NO3/c1-8(20)9-2-4-10(5-3-9)19-15(21)11-6-13(17)14(18)7-12(11)16(19)22/h2-7H,1H3. The van der Waals surface area contributed by atoms with Gasteiger partial charge >= 0.3 is 0 Å². The fourth-order valence-electron chi connectivity index (χ4n) is 2.31. The highest BCUT2D eigenvalue weighted by Crippen LogP contribution is 2.33. The molecule has 0 saturated carbocycles. The second kappa shape index (κ2) is 5.23. The van der Waals surface area contributed by atoms with E-state index in [0.29, 0.717) is 11.3 Å². The molecule has 0 radical (unpaired) electrons. The molecule has 3 rings (SSSR count). The molecule has 0 bridgehead atoms. The predicted molar refractivity (Wildman–Crippen MR) is 84.0 cm³/mol. The third kappa shape index (κ3) is 2.21. The lowest BCUT2D eigenvalue weighted by atomic mass is 10.1. The maximum absolute atomic E-state index is 12.4. The number of amides is 2. The zero-order valence-electron chi connectivity index (χ0n) is 11.4. The van der Waals surface area contributed by atoms with Gasteiger partial charge in [0.2, 0.25) is 0 Å². The Hall–Kier alpha value is -2.17. The Morgan fingerprint density at radius 1 is 0.909 bits per heavy atom. The minimum Gasteiger partial charge on any atom is -0.295 e. The SMILES string of the molecule is CC(=O)c1ccc(N2C(=O)c3cc(Cl)c(Cl)cc3C2=O)cc1. The smallest absolute Gasteiger partial charge is 0.266 e. The Bertz CT molecular complexity index is 787. The maximum Gasteiger partial charge on any atom is 0.266 e. The number of hydrogen-bond acceptors (Lipinski definition) is 3. The van der Waals surface area contributed by atoms with Crippen molar-refractivity contribution in [2.75, 3.05) is 4.90 Å². The molecule has 0 spiro atoms. The highest BCUT2D eigenvalue weighted by molar-refractivity contribution is 6.44. The first-order valence-electron chi connectivity index (χ1n) is 6.39. The molecule has 2 aromatic carbocycles. The molecule has 0 fully saturated rings. The van der Waals surface area contributed by atoms with Crippen molar-refractivity contribution in [1.29, 1.82) is 0 Å². The number of rotatable bonds is 2. The molecule has 0 unspecified atom stereocenters. The first kappa shape index (κ1) is 14.8. The van der Waals surface area contributed by atoms with Gasteiger partial charge in [0.05, 0.1) is 26.9 Å². The van der Waals surface area contributed by atoms with E-state index in [0.717, 1.165) is 4.90 Å². The number of Topliss-reactive ketones (excluding diaryl/α,β-unsaturated/α-hetero) is 1. The molecular formula is C16H9Cl2NO3. The molecule has 2 aromatic rings. The molecule has 110 valence electrons. The van der Waals surface area contributed by atoms with E-state index < -0.39 is 11.8 Å². The van der Waals surface area contributed by atoms with Crippen LogP contribution in [-0.4, -0.2) is 17.6 Å². The molecule has 2 amide bonds. The van der Waals surface area contributed by atoms with Crippen LogP contribution in [0.3, 0.4) is 0 Å². The average Bonchev–Trinajstić information content (AvgIpc) is 2.72. The zero-order chi connectivity index (χ0) is 16.0. The minimum atomic E-state index is -0.464. The van der Waals surface area contributed by atoms with Gasteiger partial charge in [0.15, 0.2) is 5.78 Å². The fraction of sp³-hybridized carbons (Fsp3) is 0.0625. The van der Waals surface area contributed by atoms with Crippen molar-refractivity contribution >= 4 is 46.5 Å². The Morgan fingerprint density at radius 2 is 1.36 bits per heavy atom. The van der Waals surface area contributed by atoms with Crippen molar-refractivity contribution in [3.05, 3.63) is 63.1 Å². The highest BCUT2D eigenvalue weighted by Gasteiger charge is 2.37. The number of carbonyl (C=O) groups excluding carboxylic acids is 3. The molecule has 1 heterocycles. The van der Waals surface area contributed by atoms with E-state index in [9.17, 15) is 14.4 Å². The topological polar surface area (TPSA) is 54.5 Å². The Labute approximate surface area is 136 Å². The van der Waals surface area contributed by atoms with Crippen LogP contribution in [-0.2, 0) is 0 Å². The highest BCUT2D eigenvalue weighted by atomic mass is 35.5. The van der Waals surface area contributed by atoms with Crippen molar-refractivity contribution in [1.82, 2.24) is 0 Å². The lowest BCUT2D eigenvalue weighted by Gasteiger charge is -2.13.